The van der Waals surface area contributed by atoms with Gasteiger partial charge in [0.25, 0.3) is 0 Å². The third-order valence-corrected chi connectivity index (χ3v) is 5.39. The molecule has 2 aromatic carbocycles. The zero-order chi connectivity index (χ0) is 18.8. The van der Waals surface area contributed by atoms with Gasteiger partial charge >= 0.3 is 0 Å². The highest BCUT2D eigenvalue weighted by atomic mass is 32.2. The quantitative estimate of drug-likeness (QED) is 0.518. The summed E-state index contributed by atoms with van der Waals surface area (Å²) in [5.41, 5.74) is 3.03. The number of hydrogen-bond acceptors (Lipinski definition) is 4. The Balaban J connectivity index is 1.51. The van der Waals surface area contributed by atoms with Gasteiger partial charge in [0.15, 0.2) is 5.16 Å². The number of benzene rings is 2. The van der Waals surface area contributed by atoms with Gasteiger partial charge < -0.3 is 4.90 Å². The van der Waals surface area contributed by atoms with Crippen LogP contribution in [0.1, 0.15) is 19.4 Å². The van der Waals surface area contributed by atoms with Crippen molar-refractivity contribution in [3.63, 3.8) is 0 Å². The highest BCUT2D eigenvalue weighted by Crippen LogP contribution is 2.23. The summed E-state index contributed by atoms with van der Waals surface area (Å²) in [5.74, 6) is 1.12. The van der Waals surface area contributed by atoms with Crippen LogP contribution >= 0.6 is 11.8 Å². The molecule has 7 heteroatoms. The van der Waals surface area contributed by atoms with Crippen LogP contribution in [0.3, 0.4) is 0 Å². The predicted octanol–water partition coefficient (Wildman–Crippen LogP) is 3.74. The summed E-state index contributed by atoms with van der Waals surface area (Å²) < 4.78 is 1.96. The molecule has 2 aromatic heterocycles. The van der Waals surface area contributed by atoms with Gasteiger partial charge in [-0.05, 0) is 31.5 Å². The Morgan fingerprint density at radius 2 is 1.89 bits per heavy atom. The molecule has 0 aliphatic heterocycles. The lowest BCUT2D eigenvalue weighted by Crippen LogP contribution is -2.37. The number of H-pyrrole nitrogens is 1. The Labute approximate surface area is 161 Å². The summed E-state index contributed by atoms with van der Waals surface area (Å²) in [5, 5.41) is 8.03. The maximum atomic E-state index is 12.9. The van der Waals surface area contributed by atoms with E-state index >= 15 is 0 Å². The van der Waals surface area contributed by atoms with Crippen molar-refractivity contribution in [2.24, 2.45) is 0 Å². The first-order valence-corrected chi connectivity index (χ1v) is 9.90. The average molecular weight is 379 g/mol. The normalized spacial score (nSPS) is 11.5. The van der Waals surface area contributed by atoms with Gasteiger partial charge in [-0.1, -0.05) is 54.2 Å². The first kappa shape index (κ1) is 17.6. The van der Waals surface area contributed by atoms with Crippen molar-refractivity contribution >= 4 is 34.5 Å². The molecule has 0 aliphatic rings. The van der Waals surface area contributed by atoms with Crippen molar-refractivity contribution in [1.82, 2.24) is 24.5 Å². The van der Waals surface area contributed by atoms with E-state index in [0.29, 0.717) is 18.1 Å². The third kappa shape index (κ3) is 3.55. The zero-order valence-electron chi connectivity index (χ0n) is 15.3. The number of para-hydroxylation sites is 2. The number of hydrogen-bond donors (Lipinski definition) is 1. The molecule has 0 saturated heterocycles. The van der Waals surface area contributed by atoms with E-state index in [-0.39, 0.29) is 11.9 Å². The van der Waals surface area contributed by atoms with Crippen molar-refractivity contribution in [2.75, 3.05) is 5.75 Å². The van der Waals surface area contributed by atoms with Crippen LogP contribution in [0.5, 0.6) is 0 Å². The number of carbonyl (C=O) groups is 1. The third-order valence-electron chi connectivity index (χ3n) is 4.47. The lowest BCUT2D eigenvalue weighted by molar-refractivity contribution is -0.130. The molecule has 0 atom stereocenters. The molecule has 0 spiro atoms. The van der Waals surface area contributed by atoms with Gasteiger partial charge in [-0.3, -0.25) is 9.20 Å². The minimum absolute atomic E-state index is 0.0967. The zero-order valence-corrected chi connectivity index (χ0v) is 16.1. The van der Waals surface area contributed by atoms with Crippen molar-refractivity contribution in [3.8, 4) is 0 Å². The molecule has 0 aliphatic carbocycles. The number of amides is 1. The second-order valence-electron chi connectivity index (χ2n) is 6.66. The monoisotopic (exact) mass is 379 g/mol. The molecule has 1 amide bonds. The Morgan fingerprint density at radius 1 is 1.15 bits per heavy atom. The maximum absolute atomic E-state index is 12.9. The molecule has 27 heavy (non-hydrogen) atoms. The van der Waals surface area contributed by atoms with E-state index in [2.05, 4.69) is 15.2 Å². The molecule has 0 unspecified atom stereocenters. The first-order chi connectivity index (χ1) is 13.1. The van der Waals surface area contributed by atoms with E-state index in [9.17, 15) is 4.79 Å². The molecule has 0 saturated carbocycles. The molecule has 0 fully saturated rings. The molecule has 0 radical (unpaired) electrons. The molecule has 2 heterocycles. The number of aromatic amines is 1. The number of nitrogens with one attached hydrogen (secondary N) is 1. The first-order valence-electron chi connectivity index (χ1n) is 8.91. The summed E-state index contributed by atoms with van der Waals surface area (Å²) >= 11 is 1.43. The van der Waals surface area contributed by atoms with Gasteiger partial charge in [-0.25, -0.2) is 10.1 Å². The smallest absolute Gasteiger partial charge is 0.233 e. The van der Waals surface area contributed by atoms with Crippen molar-refractivity contribution in [1.29, 1.82) is 0 Å². The Hall–Kier alpha value is -2.80. The SMILES string of the molecule is CC(C)N(Cc1ccccc1)C(=O)CSc1n[nH]c2nc3ccccc3n12. The van der Waals surface area contributed by atoms with E-state index in [1.807, 2.05) is 77.7 Å². The standard InChI is InChI=1S/C20H21N5OS/c1-14(2)24(12-15-8-4-3-5-9-15)18(26)13-27-20-23-22-19-21-16-10-6-7-11-17(16)25(19)20/h3-11,14H,12-13H2,1-2H3,(H,21,22). The summed E-state index contributed by atoms with van der Waals surface area (Å²) in [6.07, 6.45) is 0. The highest BCUT2D eigenvalue weighted by molar-refractivity contribution is 7.99. The molecule has 4 rings (SSSR count). The number of rotatable bonds is 6. The van der Waals surface area contributed by atoms with Crippen LogP contribution in [0, 0.1) is 0 Å². The Kier molecular flexibility index (Phi) is 4.85. The number of imidazole rings is 1. The van der Waals surface area contributed by atoms with Gasteiger partial charge in [0.2, 0.25) is 11.7 Å². The van der Waals surface area contributed by atoms with Crippen LogP contribution < -0.4 is 0 Å². The fourth-order valence-corrected chi connectivity index (χ4v) is 3.93. The number of thioether (sulfide) groups is 1. The summed E-state index contributed by atoms with van der Waals surface area (Å²) in [4.78, 5) is 19.3. The van der Waals surface area contributed by atoms with Crippen molar-refractivity contribution in [2.45, 2.75) is 31.6 Å². The molecule has 138 valence electrons. The van der Waals surface area contributed by atoms with Crippen LogP contribution in [0.15, 0.2) is 59.8 Å². The Morgan fingerprint density at radius 3 is 2.67 bits per heavy atom. The fraction of sp³-hybridized carbons (Fsp3) is 0.250. The van der Waals surface area contributed by atoms with Crippen LogP contribution in [0.4, 0.5) is 0 Å². The predicted molar refractivity (Wildman–Crippen MR) is 108 cm³/mol. The lowest BCUT2D eigenvalue weighted by Gasteiger charge is -2.26. The van der Waals surface area contributed by atoms with E-state index in [1.165, 1.54) is 11.8 Å². The summed E-state index contributed by atoms with van der Waals surface area (Å²) in [7, 11) is 0. The van der Waals surface area contributed by atoms with Crippen LogP contribution in [0.2, 0.25) is 0 Å². The largest absolute Gasteiger partial charge is 0.335 e. The lowest BCUT2D eigenvalue weighted by atomic mass is 10.2. The maximum Gasteiger partial charge on any atom is 0.233 e. The fourth-order valence-electron chi connectivity index (χ4n) is 3.09. The topological polar surface area (TPSA) is 66.3 Å². The molecule has 4 aromatic rings. The van der Waals surface area contributed by atoms with Gasteiger partial charge in [0.1, 0.15) is 0 Å². The van der Waals surface area contributed by atoms with Crippen LogP contribution in [-0.2, 0) is 11.3 Å². The van der Waals surface area contributed by atoms with Gasteiger partial charge in [-0.15, -0.1) is 5.10 Å². The van der Waals surface area contributed by atoms with E-state index in [1.54, 1.807) is 0 Å². The van der Waals surface area contributed by atoms with Crippen molar-refractivity contribution < 1.29 is 4.79 Å². The van der Waals surface area contributed by atoms with E-state index in [0.717, 1.165) is 21.8 Å². The number of nitrogens with zero attached hydrogens (tertiary/aromatic N) is 4. The molecular weight excluding hydrogens is 358 g/mol. The minimum atomic E-state index is 0.0967. The van der Waals surface area contributed by atoms with Crippen LogP contribution in [-0.4, -0.2) is 42.2 Å². The number of carbonyl (C=O) groups excluding carboxylic acids is 1. The van der Waals surface area contributed by atoms with Crippen molar-refractivity contribution in [3.05, 3.63) is 60.2 Å². The average Bonchev–Trinajstić information content (AvgIpc) is 3.24. The highest BCUT2D eigenvalue weighted by Gasteiger charge is 2.19. The summed E-state index contributed by atoms with van der Waals surface area (Å²) in [6.45, 7) is 4.70. The molecular formula is C20H21N5OS. The molecule has 0 bridgehead atoms. The number of aromatic nitrogens is 4. The van der Waals surface area contributed by atoms with Gasteiger partial charge in [0.05, 0.1) is 16.8 Å². The van der Waals surface area contributed by atoms with E-state index in [4.69, 9.17) is 0 Å². The molecule has 6 nitrogen and oxygen atoms in total. The van der Waals surface area contributed by atoms with Gasteiger partial charge in [-0.2, -0.15) is 0 Å². The Bertz CT molecular complexity index is 1070. The second kappa shape index (κ2) is 7.44. The van der Waals surface area contributed by atoms with E-state index < -0.39 is 0 Å². The van der Waals surface area contributed by atoms with Gasteiger partial charge in [0, 0.05) is 12.6 Å². The number of fused-ring (bicyclic) bond motifs is 3. The minimum Gasteiger partial charge on any atom is -0.335 e. The van der Waals surface area contributed by atoms with Crippen LogP contribution in [0.25, 0.3) is 16.8 Å². The summed E-state index contributed by atoms with van der Waals surface area (Å²) in [6, 6.07) is 18.1. The second-order valence-corrected chi connectivity index (χ2v) is 7.60. The molecule has 1 N–H and O–H groups in total.